The number of piperazine rings is 1. The van der Waals surface area contributed by atoms with Crippen LogP contribution >= 0.6 is 0 Å². The first-order chi connectivity index (χ1) is 8.58. The van der Waals surface area contributed by atoms with E-state index >= 15 is 0 Å². The fourth-order valence-electron chi connectivity index (χ4n) is 2.58. The average Bonchev–Trinajstić information content (AvgIpc) is 2.34. The molecule has 5 heteroatoms. The Bertz CT molecular complexity index is 324. The molecular formula is C13H22N2O3. The topological polar surface area (TPSA) is 58.6 Å². The van der Waals surface area contributed by atoms with Crippen LogP contribution in [0.25, 0.3) is 0 Å². The fourth-order valence-corrected chi connectivity index (χ4v) is 2.58. The predicted octanol–water partition coefficient (Wildman–Crippen LogP) is 0.396. The Morgan fingerprint density at radius 1 is 1.33 bits per heavy atom. The molecule has 2 aliphatic heterocycles. The Balaban J connectivity index is 1.97. The van der Waals surface area contributed by atoms with E-state index in [-0.39, 0.29) is 30.3 Å². The van der Waals surface area contributed by atoms with Crippen LogP contribution in [0.15, 0.2) is 0 Å². The van der Waals surface area contributed by atoms with Crippen molar-refractivity contribution in [1.82, 2.24) is 10.2 Å². The van der Waals surface area contributed by atoms with Gasteiger partial charge in [-0.15, -0.1) is 0 Å². The minimum Gasteiger partial charge on any atom is -0.381 e. The summed E-state index contributed by atoms with van der Waals surface area (Å²) in [5.41, 5.74) is 0. The van der Waals surface area contributed by atoms with E-state index in [9.17, 15) is 9.59 Å². The highest BCUT2D eigenvalue weighted by Gasteiger charge is 2.35. The molecule has 2 fully saturated rings. The number of hydrogen-bond donors (Lipinski definition) is 1. The van der Waals surface area contributed by atoms with Crippen molar-refractivity contribution in [3.8, 4) is 0 Å². The molecule has 0 aromatic heterocycles. The first kappa shape index (κ1) is 13.3. The van der Waals surface area contributed by atoms with Crippen molar-refractivity contribution in [3.05, 3.63) is 0 Å². The third-order valence-corrected chi connectivity index (χ3v) is 3.71. The number of rotatable bonds is 3. The molecule has 2 heterocycles. The molecule has 0 bridgehead atoms. The van der Waals surface area contributed by atoms with Crippen molar-refractivity contribution in [1.29, 1.82) is 0 Å². The van der Waals surface area contributed by atoms with Crippen LogP contribution in [0.4, 0.5) is 0 Å². The summed E-state index contributed by atoms with van der Waals surface area (Å²) < 4.78 is 5.31. The summed E-state index contributed by atoms with van der Waals surface area (Å²) in [6, 6.07) is -0.355. The van der Waals surface area contributed by atoms with Gasteiger partial charge in [0.05, 0.1) is 6.54 Å². The molecule has 0 aliphatic carbocycles. The molecule has 1 unspecified atom stereocenters. The molecule has 0 aromatic carbocycles. The zero-order chi connectivity index (χ0) is 13.1. The molecule has 2 saturated heterocycles. The Hall–Kier alpha value is -1.10. The molecule has 2 rings (SSSR count). The van der Waals surface area contributed by atoms with Crippen molar-refractivity contribution in [2.75, 3.05) is 26.3 Å². The van der Waals surface area contributed by atoms with E-state index in [0.29, 0.717) is 12.5 Å². The number of nitrogens with zero attached hydrogens (tertiary/aromatic N) is 1. The summed E-state index contributed by atoms with van der Waals surface area (Å²) in [6.45, 7) is 6.36. The van der Waals surface area contributed by atoms with Gasteiger partial charge in [-0.25, -0.2) is 0 Å². The van der Waals surface area contributed by atoms with Gasteiger partial charge >= 0.3 is 0 Å². The largest absolute Gasteiger partial charge is 0.381 e. The second-order valence-electron chi connectivity index (χ2n) is 5.56. The Morgan fingerprint density at radius 2 is 2.00 bits per heavy atom. The Labute approximate surface area is 108 Å². The summed E-state index contributed by atoms with van der Waals surface area (Å²) in [5, 5.41) is 2.78. The fraction of sp³-hybridized carbons (Fsp3) is 0.846. The Kier molecular flexibility index (Phi) is 4.22. The third-order valence-electron chi connectivity index (χ3n) is 3.71. The number of carbonyl (C=O) groups is 2. The van der Waals surface area contributed by atoms with Crippen LogP contribution in [-0.2, 0) is 14.3 Å². The quantitative estimate of drug-likeness (QED) is 0.793. The second kappa shape index (κ2) is 5.69. The molecular weight excluding hydrogens is 232 g/mol. The average molecular weight is 254 g/mol. The normalized spacial score (nSPS) is 26.6. The minimum absolute atomic E-state index is 0.0413. The van der Waals surface area contributed by atoms with Crippen LogP contribution in [-0.4, -0.2) is 49.1 Å². The van der Waals surface area contributed by atoms with Crippen LogP contribution in [0.3, 0.4) is 0 Å². The number of nitrogens with one attached hydrogen (secondary N) is 1. The van der Waals surface area contributed by atoms with E-state index < -0.39 is 0 Å². The van der Waals surface area contributed by atoms with Crippen LogP contribution < -0.4 is 5.32 Å². The van der Waals surface area contributed by atoms with Gasteiger partial charge in [-0.05, 0) is 24.7 Å². The van der Waals surface area contributed by atoms with E-state index in [0.717, 1.165) is 26.1 Å². The highest BCUT2D eigenvalue weighted by molar-refractivity contribution is 5.94. The van der Waals surface area contributed by atoms with Crippen LogP contribution in [0, 0.1) is 11.8 Å². The molecule has 102 valence electrons. The highest BCUT2D eigenvalue weighted by Crippen LogP contribution is 2.19. The van der Waals surface area contributed by atoms with Crippen molar-refractivity contribution < 1.29 is 14.3 Å². The molecule has 1 atom stereocenters. The molecule has 2 aliphatic rings. The van der Waals surface area contributed by atoms with Crippen molar-refractivity contribution in [2.45, 2.75) is 32.7 Å². The molecule has 0 radical (unpaired) electrons. The number of amides is 2. The molecule has 2 amide bonds. The van der Waals surface area contributed by atoms with Gasteiger partial charge in [0.15, 0.2) is 0 Å². The van der Waals surface area contributed by atoms with Crippen molar-refractivity contribution in [3.63, 3.8) is 0 Å². The van der Waals surface area contributed by atoms with Gasteiger partial charge in [0.1, 0.15) is 6.04 Å². The van der Waals surface area contributed by atoms with Crippen molar-refractivity contribution in [2.24, 2.45) is 11.8 Å². The zero-order valence-electron chi connectivity index (χ0n) is 11.1. The smallest absolute Gasteiger partial charge is 0.245 e. The summed E-state index contributed by atoms with van der Waals surface area (Å²) in [4.78, 5) is 25.6. The zero-order valence-corrected chi connectivity index (χ0v) is 11.1. The second-order valence-corrected chi connectivity index (χ2v) is 5.56. The number of carbonyl (C=O) groups excluding carboxylic acids is 2. The summed E-state index contributed by atoms with van der Waals surface area (Å²) in [6.07, 6.45) is 1.97. The number of hydrogen-bond acceptors (Lipinski definition) is 3. The molecule has 18 heavy (non-hydrogen) atoms. The van der Waals surface area contributed by atoms with E-state index in [4.69, 9.17) is 4.74 Å². The van der Waals surface area contributed by atoms with Gasteiger partial charge in [-0.2, -0.15) is 0 Å². The molecule has 5 nitrogen and oxygen atoms in total. The monoisotopic (exact) mass is 254 g/mol. The number of ether oxygens (including phenoxy) is 1. The maximum absolute atomic E-state index is 12.3. The molecule has 0 saturated carbocycles. The van der Waals surface area contributed by atoms with Gasteiger partial charge in [-0.3, -0.25) is 9.59 Å². The minimum atomic E-state index is -0.355. The predicted molar refractivity (Wildman–Crippen MR) is 66.9 cm³/mol. The van der Waals surface area contributed by atoms with E-state index in [1.165, 1.54) is 0 Å². The lowest BCUT2D eigenvalue weighted by atomic mass is 9.96. The van der Waals surface area contributed by atoms with E-state index in [1.54, 1.807) is 4.90 Å². The lowest BCUT2D eigenvalue weighted by molar-refractivity contribution is -0.146. The lowest BCUT2D eigenvalue weighted by Crippen LogP contribution is -2.60. The van der Waals surface area contributed by atoms with Crippen molar-refractivity contribution >= 4 is 11.8 Å². The van der Waals surface area contributed by atoms with Gasteiger partial charge in [0, 0.05) is 19.8 Å². The summed E-state index contributed by atoms with van der Waals surface area (Å²) in [5.74, 6) is 0.636. The first-order valence-corrected chi connectivity index (χ1v) is 6.74. The molecule has 0 spiro atoms. The highest BCUT2D eigenvalue weighted by atomic mass is 16.5. The maximum Gasteiger partial charge on any atom is 0.245 e. The van der Waals surface area contributed by atoms with Crippen LogP contribution in [0.2, 0.25) is 0 Å². The standard InChI is InChI=1S/C13H22N2O3/c1-9(2)12-13(17)15(8-11(16)14-12)7-10-3-5-18-6-4-10/h9-10,12H,3-8H2,1-2H3,(H,14,16). The lowest BCUT2D eigenvalue weighted by Gasteiger charge is -2.37. The molecule has 0 aromatic rings. The van der Waals surface area contributed by atoms with Gasteiger partial charge in [0.2, 0.25) is 11.8 Å². The summed E-state index contributed by atoms with van der Waals surface area (Å²) >= 11 is 0. The summed E-state index contributed by atoms with van der Waals surface area (Å²) in [7, 11) is 0. The van der Waals surface area contributed by atoms with Crippen LogP contribution in [0.5, 0.6) is 0 Å². The van der Waals surface area contributed by atoms with Crippen LogP contribution in [0.1, 0.15) is 26.7 Å². The maximum atomic E-state index is 12.3. The molecule has 1 N–H and O–H groups in total. The van der Waals surface area contributed by atoms with E-state index in [1.807, 2.05) is 13.8 Å². The van der Waals surface area contributed by atoms with E-state index in [2.05, 4.69) is 5.32 Å². The third kappa shape index (κ3) is 3.02. The Morgan fingerprint density at radius 3 is 2.61 bits per heavy atom. The van der Waals surface area contributed by atoms with Gasteiger partial charge < -0.3 is 15.0 Å². The van der Waals surface area contributed by atoms with Gasteiger partial charge in [-0.1, -0.05) is 13.8 Å². The van der Waals surface area contributed by atoms with Gasteiger partial charge in [0.25, 0.3) is 0 Å². The first-order valence-electron chi connectivity index (χ1n) is 6.74. The SMILES string of the molecule is CC(C)C1NC(=O)CN(CC2CCOCC2)C1=O.